The lowest BCUT2D eigenvalue weighted by Crippen LogP contribution is -2.51. The number of fused-ring (bicyclic) bond motifs is 2. The summed E-state index contributed by atoms with van der Waals surface area (Å²) in [7, 11) is 0. The number of nitrogens with zero attached hydrogens (tertiary/aromatic N) is 1. The molecule has 2 aliphatic heterocycles. The first kappa shape index (κ1) is 20.1. The van der Waals surface area contributed by atoms with Gasteiger partial charge in [-0.2, -0.15) is 0 Å². The second-order valence-electron chi connectivity index (χ2n) is 8.57. The van der Waals surface area contributed by atoms with Gasteiger partial charge in [0.25, 0.3) is 5.91 Å². The Morgan fingerprint density at radius 1 is 1.13 bits per heavy atom. The molecular weight excluding hydrogens is 395 g/mol. The topological polar surface area (TPSA) is 84.2 Å². The van der Waals surface area contributed by atoms with Crippen LogP contribution in [0.15, 0.2) is 42.5 Å². The molecule has 1 amide bonds. The maximum Gasteiger partial charge on any atom is 0.252 e. The van der Waals surface area contributed by atoms with Gasteiger partial charge in [-0.1, -0.05) is 12.1 Å². The van der Waals surface area contributed by atoms with Crippen molar-refractivity contribution in [2.45, 2.75) is 45.7 Å². The second-order valence-corrected chi connectivity index (χ2v) is 8.57. The number of aryl methyl sites for hydroxylation is 2. The minimum absolute atomic E-state index is 0.00222. The number of nitrogens with one attached hydrogen (secondary N) is 5. The molecule has 0 bridgehead atoms. The van der Waals surface area contributed by atoms with E-state index in [9.17, 15) is 9.18 Å². The molecule has 1 aromatic heterocycles. The lowest BCUT2D eigenvalue weighted by atomic mass is 9.98. The Morgan fingerprint density at radius 2 is 1.90 bits per heavy atom. The maximum atomic E-state index is 13.2. The lowest BCUT2D eigenvalue weighted by Gasteiger charge is -2.23. The van der Waals surface area contributed by atoms with Gasteiger partial charge in [-0.05, 0) is 62.2 Å². The molecule has 31 heavy (non-hydrogen) atoms. The van der Waals surface area contributed by atoms with Crippen LogP contribution in [0, 0.1) is 25.6 Å². The van der Waals surface area contributed by atoms with Crippen molar-refractivity contribution in [1.29, 1.82) is 0 Å². The molecule has 2 fully saturated rings. The highest BCUT2D eigenvalue weighted by Crippen LogP contribution is 2.28. The standard InChI is InChI=1S/C23H27FN6O/c1-12-13(2)25-19-9-6-16(10-18(12)19)23(31)26-21-20-14(3)29-30(22(20)28-27-21)11-15-4-7-17(24)8-5-15/h4-10,14,20-22,25,27-29H,11H2,1-3H3,(H,26,31). The molecular formula is C23H27FN6O. The summed E-state index contributed by atoms with van der Waals surface area (Å²) in [5.41, 5.74) is 15.0. The third-order valence-electron chi connectivity index (χ3n) is 6.54. The Balaban J connectivity index is 1.29. The van der Waals surface area contributed by atoms with Gasteiger partial charge in [0.1, 0.15) is 5.82 Å². The number of carbonyl (C=O) groups excluding carboxylic acids is 1. The maximum absolute atomic E-state index is 13.2. The van der Waals surface area contributed by atoms with Gasteiger partial charge in [-0.3, -0.25) is 10.2 Å². The van der Waals surface area contributed by atoms with Crippen molar-refractivity contribution in [2.24, 2.45) is 5.92 Å². The Morgan fingerprint density at radius 3 is 2.68 bits per heavy atom. The van der Waals surface area contributed by atoms with Crippen LogP contribution in [0.4, 0.5) is 4.39 Å². The number of hydrogen-bond donors (Lipinski definition) is 5. The molecule has 162 valence electrons. The molecule has 5 N–H and O–H groups in total. The van der Waals surface area contributed by atoms with Crippen molar-refractivity contribution >= 4 is 16.8 Å². The highest BCUT2D eigenvalue weighted by molar-refractivity contribution is 5.99. The van der Waals surface area contributed by atoms with E-state index in [1.54, 1.807) is 12.1 Å². The molecule has 0 spiro atoms. The van der Waals surface area contributed by atoms with Crippen LogP contribution in [0.3, 0.4) is 0 Å². The molecule has 5 rings (SSSR count). The number of hydrazine groups is 2. The fourth-order valence-corrected chi connectivity index (χ4v) is 4.72. The lowest BCUT2D eigenvalue weighted by molar-refractivity contribution is 0.0919. The van der Waals surface area contributed by atoms with E-state index in [2.05, 4.69) is 45.4 Å². The van der Waals surface area contributed by atoms with Gasteiger partial charge in [-0.15, -0.1) is 0 Å². The first-order valence-electron chi connectivity index (χ1n) is 10.6. The fraction of sp³-hybridized carbons (Fsp3) is 0.348. The van der Waals surface area contributed by atoms with Crippen LogP contribution in [0.2, 0.25) is 0 Å². The van der Waals surface area contributed by atoms with E-state index < -0.39 is 0 Å². The SMILES string of the molecule is Cc1[nH]c2ccc(C(=O)NC3NNC4C3C(C)NN4Cc3ccc(F)cc3)cc2c1C. The highest BCUT2D eigenvalue weighted by atomic mass is 19.1. The van der Waals surface area contributed by atoms with Gasteiger partial charge in [0.2, 0.25) is 0 Å². The minimum atomic E-state index is -0.240. The van der Waals surface area contributed by atoms with E-state index in [0.717, 1.165) is 27.7 Å². The highest BCUT2D eigenvalue weighted by Gasteiger charge is 2.48. The zero-order valence-electron chi connectivity index (χ0n) is 17.8. The normalized spacial score (nSPS) is 25.8. The minimum Gasteiger partial charge on any atom is -0.358 e. The summed E-state index contributed by atoms with van der Waals surface area (Å²) in [6.45, 7) is 6.83. The van der Waals surface area contributed by atoms with E-state index in [1.165, 1.54) is 12.1 Å². The molecule has 2 aliphatic rings. The van der Waals surface area contributed by atoms with Gasteiger partial charge in [0.05, 0.1) is 12.3 Å². The third kappa shape index (κ3) is 3.61. The Labute approximate surface area is 180 Å². The molecule has 2 aromatic carbocycles. The first-order chi connectivity index (χ1) is 14.9. The Hall–Kier alpha value is -2.78. The van der Waals surface area contributed by atoms with Crippen molar-refractivity contribution in [3.8, 4) is 0 Å². The quantitative estimate of drug-likeness (QED) is 0.446. The summed E-state index contributed by atoms with van der Waals surface area (Å²) in [6, 6.07) is 12.4. The Bertz CT molecular complexity index is 1130. The second kappa shape index (κ2) is 7.72. The van der Waals surface area contributed by atoms with Gasteiger partial charge in [0, 0.05) is 40.7 Å². The van der Waals surface area contributed by atoms with Crippen LogP contribution in [0.25, 0.3) is 10.9 Å². The zero-order chi connectivity index (χ0) is 21.7. The number of aromatic nitrogens is 1. The summed E-state index contributed by atoms with van der Waals surface area (Å²) in [5.74, 6) is -0.218. The molecule has 2 saturated heterocycles. The number of benzene rings is 2. The smallest absolute Gasteiger partial charge is 0.252 e. The summed E-state index contributed by atoms with van der Waals surface area (Å²) in [6.07, 6.45) is -0.217. The number of H-pyrrole nitrogens is 1. The number of amides is 1. The molecule has 8 heteroatoms. The van der Waals surface area contributed by atoms with E-state index in [4.69, 9.17) is 0 Å². The number of aromatic amines is 1. The molecule has 0 radical (unpaired) electrons. The number of halogens is 1. The van der Waals surface area contributed by atoms with Gasteiger partial charge < -0.3 is 10.3 Å². The zero-order valence-corrected chi connectivity index (χ0v) is 17.8. The van der Waals surface area contributed by atoms with Gasteiger partial charge in [0.15, 0.2) is 0 Å². The van der Waals surface area contributed by atoms with E-state index in [-0.39, 0.29) is 36.0 Å². The van der Waals surface area contributed by atoms with Crippen molar-refractivity contribution < 1.29 is 9.18 Å². The van der Waals surface area contributed by atoms with Gasteiger partial charge >= 0.3 is 0 Å². The average molecular weight is 423 g/mol. The van der Waals surface area contributed by atoms with Crippen LogP contribution >= 0.6 is 0 Å². The van der Waals surface area contributed by atoms with Crippen molar-refractivity contribution in [2.75, 3.05) is 0 Å². The van der Waals surface area contributed by atoms with Crippen LogP contribution in [-0.4, -0.2) is 34.3 Å². The average Bonchev–Trinajstić information content (AvgIpc) is 3.39. The van der Waals surface area contributed by atoms with Crippen LogP contribution < -0.4 is 21.6 Å². The third-order valence-corrected chi connectivity index (χ3v) is 6.54. The van der Waals surface area contributed by atoms with E-state index in [0.29, 0.717) is 12.1 Å². The molecule has 7 nitrogen and oxygen atoms in total. The number of hydrogen-bond acceptors (Lipinski definition) is 5. The predicted octanol–water partition coefficient (Wildman–Crippen LogP) is 2.44. The van der Waals surface area contributed by atoms with E-state index >= 15 is 0 Å². The van der Waals surface area contributed by atoms with Gasteiger partial charge in [-0.25, -0.2) is 20.3 Å². The van der Waals surface area contributed by atoms with Crippen molar-refractivity contribution in [1.82, 2.24) is 31.6 Å². The predicted molar refractivity (Wildman–Crippen MR) is 117 cm³/mol. The van der Waals surface area contributed by atoms with Crippen LogP contribution in [-0.2, 0) is 6.54 Å². The summed E-state index contributed by atoms with van der Waals surface area (Å²) >= 11 is 0. The first-order valence-corrected chi connectivity index (χ1v) is 10.6. The summed E-state index contributed by atoms with van der Waals surface area (Å²) in [5, 5.41) is 6.31. The molecule has 4 unspecified atom stereocenters. The van der Waals surface area contributed by atoms with Crippen LogP contribution in [0.5, 0.6) is 0 Å². The summed E-state index contributed by atoms with van der Waals surface area (Å²) < 4.78 is 13.2. The monoisotopic (exact) mass is 422 g/mol. The molecule has 3 aromatic rings. The van der Waals surface area contributed by atoms with Crippen molar-refractivity contribution in [3.05, 3.63) is 70.7 Å². The molecule has 3 heterocycles. The molecule has 0 saturated carbocycles. The largest absolute Gasteiger partial charge is 0.358 e. The fourth-order valence-electron chi connectivity index (χ4n) is 4.72. The molecule has 0 aliphatic carbocycles. The number of rotatable bonds is 4. The molecule has 4 atom stereocenters. The Kier molecular flexibility index (Phi) is 5.02. The van der Waals surface area contributed by atoms with Crippen molar-refractivity contribution in [3.63, 3.8) is 0 Å². The summed E-state index contributed by atoms with van der Waals surface area (Å²) in [4.78, 5) is 16.3. The van der Waals surface area contributed by atoms with E-state index in [1.807, 2.05) is 25.1 Å². The van der Waals surface area contributed by atoms with Crippen LogP contribution in [0.1, 0.15) is 34.1 Å². The number of carbonyl (C=O) groups is 1.